The van der Waals surface area contributed by atoms with Crippen LogP contribution in [0.25, 0.3) is 6.08 Å². The minimum Gasteiger partial charge on any atom is -0.465 e. The highest BCUT2D eigenvalue weighted by Gasteiger charge is 2.36. The second-order valence-corrected chi connectivity index (χ2v) is 8.13. The van der Waals surface area contributed by atoms with Crippen molar-refractivity contribution < 1.29 is 23.5 Å². The summed E-state index contributed by atoms with van der Waals surface area (Å²) in [6, 6.07) is 13.0. The van der Waals surface area contributed by atoms with Crippen LogP contribution >= 0.6 is 11.8 Å². The van der Waals surface area contributed by atoms with E-state index in [2.05, 4.69) is 4.99 Å². The van der Waals surface area contributed by atoms with Crippen molar-refractivity contribution in [2.75, 3.05) is 20.3 Å². The fraction of sp³-hybridized carbons (Fsp3) is 0.261. The Morgan fingerprint density at radius 3 is 2.74 bits per heavy atom. The molecule has 8 heteroatoms. The molecule has 2 aliphatic heterocycles. The van der Waals surface area contributed by atoms with Gasteiger partial charge in [-0.3, -0.25) is 9.69 Å². The van der Waals surface area contributed by atoms with Gasteiger partial charge in [-0.05, 0) is 60.5 Å². The first-order chi connectivity index (χ1) is 15.0. The predicted octanol–water partition coefficient (Wildman–Crippen LogP) is 4.40. The van der Waals surface area contributed by atoms with Gasteiger partial charge in [0.25, 0.3) is 5.91 Å². The Morgan fingerprint density at radius 1 is 1.29 bits per heavy atom. The summed E-state index contributed by atoms with van der Waals surface area (Å²) in [5.74, 6) is -1.07. The number of rotatable bonds is 5. The van der Waals surface area contributed by atoms with Gasteiger partial charge >= 0.3 is 5.97 Å². The minimum absolute atomic E-state index is 0.0611. The summed E-state index contributed by atoms with van der Waals surface area (Å²) in [7, 11) is 1.32. The Hall–Kier alpha value is -2.97. The van der Waals surface area contributed by atoms with Gasteiger partial charge in [-0.1, -0.05) is 24.3 Å². The molecule has 2 saturated heterocycles. The predicted molar refractivity (Wildman–Crippen MR) is 118 cm³/mol. The molecular weight excluding hydrogens is 419 g/mol. The van der Waals surface area contributed by atoms with Crippen molar-refractivity contribution in [2.45, 2.75) is 18.9 Å². The SMILES string of the molecule is COC(=O)c1ccc(/C=C2\SC(=Nc3ccccc3F)N(CC3CCCO3)C2=O)cc1. The molecule has 6 nitrogen and oxygen atoms in total. The second-order valence-electron chi connectivity index (χ2n) is 7.12. The lowest BCUT2D eigenvalue weighted by molar-refractivity contribution is -0.123. The highest BCUT2D eigenvalue weighted by molar-refractivity contribution is 8.18. The average Bonchev–Trinajstić information content (AvgIpc) is 3.40. The molecule has 160 valence electrons. The lowest BCUT2D eigenvalue weighted by Gasteiger charge is -2.19. The number of carbonyl (C=O) groups is 2. The fourth-order valence-corrected chi connectivity index (χ4v) is 4.38. The lowest BCUT2D eigenvalue weighted by Crippen LogP contribution is -2.36. The molecule has 2 fully saturated rings. The quantitative estimate of drug-likeness (QED) is 0.509. The molecule has 2 aliphatic rings. The van der Waals surface area contributed by atoms with E-state index in [9.17, 15) is 14.0 Å². The molecule has 0 aliphatic carbocycles. The van der Waals surface area contributed by atoms with E-state index in [-0.39, 0.29) is 17.7 Å². The molecule has 0 radical (unpaired) electrons. The summed E-state index contributed by atoms with van der Waals surface area (Å²) in [6.07, 6.45) is 3.50. The van der Waals surface area contributed by atoms with Crippen molar-refractivity contribution in [2.24, 2.45) is 4.99 Å². The van der Waals surface area contributed by atoms with Crippen molar-refractivity contribution in [1.82, 2.24) is 4.90 Å². The average molecular weight is 440 g/mol. The van der Waals surface area contributed by atoms with E-state index in [1.807, 2.05) is 0 Å². The van der Waals surface area contributed by atoms with Crippen LogP contribution in [0.5, 0.6) is 0 Å². The van der Waals surface area contributed by atoms with E-state index < -0.39 is 11.8 Å². The molecule has 0 bridgehead atoms. The number of amidine groups is 1. The minimum atomic E-state index is -0.448. The Balaban J connectivity index is 1.63. The Bertz CT molecular complexity index is 1050. The van der Waals surface area contributed by atoms with Crippen molar-refractivity contribution in [3.05, 3.63) is 70.4 Å². The smallest absolute Gasteiger partial charge is 0.337 e. The van der Waals surface area contributed by atoms with Gasteiger partial charge in [-0.25, -0.2) is 14.2 Å². The molecule has 0 aromatic heterocycles. The number of aliphatic imine (C=N–C) groups is 1. The van der Waals surface area contributed by atoms with Gasteiger partial charge in [0.1, 0.15) is 11.5 Å². The third-order valence-electron chi connectivity index (χ3n) is 5.00. The number of nitrogens with zero attached hydrogens (tertiary/aromatic N) is 2. The summed E-state index contributed by atoms with van der Waals surface area (Å²) in [6.45, 7) is 1.05. The van der Waals surface area contributed by atoms with Gasteiger partial charge in [-0.2, -0.15) is 0 Å². The van der Waals surface area contributed by atoms with Gasteiger partial charge in [0, 0.05) is 6.61 Å². The van der Waals surface area contributed by atoms with Crippen LogP contribution in [0.3, 0.4) is 0 Å². The van der Waals surface area contributed by atoms with E-state index in [4.69, 9.17) is 9.47 Å². The number of carbonyl (C=O) groups excluding carboxylic acids is 2. The molecule has 1 unspecified atom stereocenters. The van der Waals surface area contributed by atoms with Gasteiger partial charge in [-0.15, -0.1) is 0 Å². The first-order valence-electron chi connectivity index (χ1n) is 9.90. The Kier molecular flexibility index (Phi) is 6.48. The molecule has 4 rings (SSSR count). The summed E-state index contributed by atoms with van der Waals surface area (Å²) in [5, 5.41) is 0.419. The molecule has 1 atom stereocenters. The lowest BCUT2D eigenvalue weighted by atomic mass is 10.1. The number of hydrogen-bond donors (Lipinski definition) is 0. The molecule has 2 aromatic carbocycles. The van der Waals surface area contributed by atoms with Gasteiger partial charge < -0.3 is 9.47 Å². The van der Waals surface area contributed by atoms with Crippen LogP contribution < -0.4 is 0 Å². The summed E-state index contributed by atoms with van der Waals surface area (Å²) in [4.78, 5) is 31.2. The number of hydrogen-bond acceptors (Lipinski definition) is 6. The molecule has 31 heavy (non-hydrogen) atoms. The zero-order valence-corrected chi connectivity index (χ0v) is 17.7. The van der Waals surface area contributed by atoms with Crippen LogP contribution in [0.4, 0.5) is 10.1 Å². The topological polar surface area (TPSA) is 68.2 Å². The number of para-hydroxylation sites is 1. The molecule has 0 N–H and O–H groups in total. The van der Waals surface area contributed by atoms with E-state index in [0.29, 0.717) is 28.8 Å². The largest absolute Gasteiger partial charge is 0.465 e. The zero-order valence-electron chi connectivity index (χ0n) is 16.9. The van der Waals surface area contributed by atoms with E-state index >= 15 is 0 Å². The van der Waals surface area contributed by atoms with Gasteiger partial charge in [0.2, 0.25) is 0 Å². The number of esters is 1. The number of thioether (sulfide) groups is 1. The van der Waals surface area contributed by atoms with Crippen LogP contribution in [-0.2, 0) is 14.3 Å². The van der Waals surface area contributed by atoms with Gasteiger partial charge in [0.15, 0.2) is 5.17 Å². The van der Waals surface area contributed by atoms with Crippen LogP contribution in [0.2, 0.25) is 0 Å². The molecule has 0 spiro atoms. The molecule has 2 heterocycles. The summed E-state index contributed by atoms with van der Waals surface area (Å²) < 4.78 is 24.5. The second kappa shape index (κ2) is 9.45. The first kappa shape index (κ1) is 21.3. The van der Waals surface area contributed by atoms with Crippen LogP contribution in [0.1, 0.15) is 28.8 Å². The number of amides is 1. The number of ether oxygens (including phenoxy) is 2. The standard InChI is InChI=1S/C23H21FN2O4S/c1-29-22(28)16-10-8-15(9-11-16)13-20-21(27)26(14-17-5-4-12-30-17)23(31-20)25-19-7-3-2-6-18(19)24/h2-3,6-11,13,17H,4-5,12,14H2,1H3/b20-13-,25-23?. The highest BCUT2D eigenvalue weighted by atomic mass is 32.2. The summed E-state index contributed by atoms with van der Waals surface area (Å²) in [5.41, 5.74) is 1.36. The maximum atomic E-state index is 14.2. The van der Waals surface area contributed by atoms with Crippen molar-refractivity contribution >= 4 is 40.6 Å². The fourth-order valence-electron chi connectivity index (χ4n) is 3.37. The molecule has 2 aromatic rings. The molecule has 0 saturated carbocycles. The van der Waals surface area contributed by atoms with E-state index in [1.54, 1.807) is 53.4 Å². The molecule has 1 amide bonds. The highest BCUT2D eigenvalue weighted by Crippen LogP contribution is 2.35. The van der Waals surface area contributed by atoms with E-state index in [0.717, 1.165) is 18.4 Å². The normalized spacial score (nSPS) is 21.3. The maximum Gasteiger partial charge on any atom is 0.337 e. The molecular formula is C23H21FN2O4S. The number of methoxy groups -OCH3 is 1. The Morgan fingerprint density at radius 2 is 2.06 bits per heavy atom. The van der Waals surface area contributed by atoms with Crippen molar-refractivity contribution in [3.63, 3.8) is 0 Å². The first-order valence-corrected chi connectivity index (χ1v) is 10.7. The maximum absolute atomic E-state index is 14.2. The van der Waals surface area contributed by atoms with Crippen LogP contribution in [0.15, 0.2) is 58.4 Å². The van der Waals surface area contributed by atoms with Crippen molar-refractivity contribution in [3.8, 4) is 0 Å². The van der Waals surface area contributed by atoms with Crippen LogP contribution in [0, 0.1) is 5.82 Å². The van der Waals surface area contributed by atoms with Crippen LogP contribution in [-0.4, -0.2) is 48.3 Å². The number of benzene rings is 2. The van der Waals surface area contributed by atoms with Crippen molar-refractivity contribution in [1.29, 1.82) is 0 Å². The summed E-state index contributed by atoms with van der Waals surface area (Å²) >= 11 is 1.20. The number of halogens is 1. The third-order valence-corrected chi connectivity index (χ3v) is 6.00. The van der Waals surface area contributed by atoms with Gasteiger partial charge in [0.05, 0.1) is 30.2 Å². The Labute approximate surface area is 183 Å². The third kappa shape index (κ3) is 4.86. The zero-order chi connectivity index (χ0) is 21.8. The monoisotopic (exact) mass is 440 g/mol. The van der Waals surface area contributed by atoms with E-state index in [1.165, 1.54) is 24.9 Å².